The van der Waals surface area contributed by atoms with Crippen molar-refractivity contribution in [2.45, 2.75) is 39.5 Å². The van der Waals surface area contributed by atoms with Crippen molar-refractivity contribution in [2.24, 2.45) is 0 Å². The number of amides is 1. The summed E-state index contributed by atoms with van der Waals surface area (Å²) in [4.78, 5) is 14.1. The lowest BCUT2D eigenvalue weighted by Gasteiger charge is -2.20. The molecule has 0 heterocycles. The number of aryl methyl sites for hydroxylation is 1. The second-order valence-electron chi connectivity index (χ2n) is 5.30. The van der Waals surface area contributed by atoms with E-state index >= 15 is 0 Å². The van der Waals surface area contributed by atoms with E-state index in [0.717, 1.165) is 31.5 Å². The van der Waals surface area contributed by atoms with E-state index in [9.17, 15) is 4.79 Å². The number of carbonyl (C=O) groups is 1. The molecule has 1 rings (SSSR count). The van der Waals surface area contributed by atoms with Crippen molar-refractivity contribution >= 4 is 11.6 Å². The third-order valence-electron chi connectivity index (χ3n) is 3.57. The average molecular weight is 304 g/mol. The third kappa shape index (κ3) is 5.80. The maximum atomic E-state index is 12.2. The Morgan fingerprint density at radius 2 is 2.18 bits per heavy atom. The number of nitrogen functional groups attached to an aromatic ring is 1. The van der Waals surface area contributed by atoms with Crippen molar-refractivity contribution in [3.05, 3.63) is 36.4 Å². The molecule has 0 aliphatic carbocycles. The predicted molar refractivity (Wildman–Crippen MR) is 92.0 cm³/mol. The van der Waals surface area contributed by atoms with Gasteiger partial charge in [0.05, 0.1) is 5.69 Å². The van der Waals surface area contributed by atoms with E-state index in [1.54, 1.807) is 6.08 Å². The van der Waals surface area contributed by atoms with Crippen molar-refractivity contribution in [3.8, 4) is 5.75 Å². The molecule has 0 bridgehead atoms. The summed E-state index contributed by atoms with van der Waals surface area (Å²) < 4.78 is 5.45. The number of carbonyl (C=O) groups excluding carboxylic acids is 1. The Hall–Kier alpha value is -1.97. The van der Waals surface area contributed by atoms with Crippen molar-refractivity contribution < 1.29 is 9.53 Å². The summed E-state index contributed by atoms with van der Waals surface area (Å²) in [7, 11) is 0. The van der Waals surface area contributed by atoms with Crippen LogP contribution in [0.2, 0.25) is 0 Å². The highest BCUT2D eigenvalue weighted by Crippen LogP contribution is 2.23. The lowest BCUT2D eigenvalue weighted by Crippen LogP contribution is -2.31. The molecule has 4 heteroatoms. The second kappa shape index (κ2) is 9.87. The minimum Gasteiger partial charge on any atom is -0.487 e. The molecule has 0 spiro atoms. The standard InChI is InChI=1S/C18H28N2O2/c1-4-7-12-20(6-3)18(21)11-9-15-8-10-17(16(19)14-15)22-13-5-2/h5,8,10,14H,2,4,6-7,9,11-13,19H2,1,3H3. The van der Waals surface area contributed by atoms with Crippen LogP contribution in [0.25, 0.3) is 0 Å². The van der Waals surface area contributed by atoms with Crippen LogP contribution in [-0.4, -0.2) is 30.5 Å². The quantitative estimate of drug-likeness (QED) is 0.532. The number of nitrogens with two attached hydrogens (primary N) is 1. The van der Waals surface area contributed by atoms with E-state index in [4.69, 9.17) is 10.5 Å². The van der Waals surface area contributed by atoms with E-state index in [-0.39, 0.29) is 5.91 Å². The smallest absolute Gasteiger partial charge is 0.222 e. The largest absolute Gasteiger partial charge is 0.487 e. The van der Waals surface area contributed by atoms with Crippen LogP contribution in [0.15, 0.2) is 30.9 Å². The highest BCUT2D eigenvalue weighted by molar-refractivity contribution is 5.76. The summed E-state index contributed by atoms with van der Waals surface area (Å²) in [5, 5.41) is 0. The van der Waals surface area contributed by atoms with Crippen LogP contribution in [-0.2, 0) is 11.2 Å². The van der Waals surface area contributed by atoms with E-state index < -0.39 is 0 Å². The zero-order chi connectivity index (χ0) is 16.4. The first kappa shape index (κ1) is 18.1. The number of nitrogens with zero attached hydrogens (tertiary/aromatic N) is 1. The molecule has 2 N–H and O–H groups in total. The van der Waals surface area contributed by atoms with Crippen molar-refractivity contribution in [2.75, 3.05) is 25.4 Å². The van der Waals surface area contributed by atoms with Gasteiger partial charge in [0.15, 0.2) is 0 Å². The minimum atomic E-state index is 0.210. The Kier molecular flexibility index (Phi) is 8.11. The van der Waals surface area contributed by atoms with Gasteiger partial charge in [0.2, 0.25) is 5.91 Å². The fourth-order valence-corrected chi connectivity index (χ4v) is 2.25. The maximum Gasteiger partial charge on any atom is 0.222 e. The number of benzene rings is 1. The number of unbranched alkanes of at least 4 members (excludes halogenated alkanes) is 1. The first-order chi connectivity index (χ1) is 10.6. The van der Waals surface area contributed by atoms with Gasteiger partial charge in [0.25, 0.3) is 0 Å². The first-order valence-electron chi connectivity index (χ1n) is 8.02. The number of hydrogen-bond acceptors (Lipinski definition) is 3. The summed E-state index contributed by atoms with van der Waals surface area (Å²) in [6.45, 7) is 9.83. The van der Waals surface area contributed by atoms with E-state index in [0.29, 0.717) is 30.9 Å². The van der Waals surface area contributed by atoms with Crippen LogP contribution in [0.3, 0.4) is 0 Å². The molecule has 0 aromatic heterocycles. The van der Waals surface area contributed by atoms with Gasteiger partial charge in [-0.15, -0.1) is 0 Å². The Labute approximate surface area is 133 Å². The molecule has 122 valence electrons. The molecule has 0 aliphatic heterocycles. The normalized spacial score (nSPS) is 10.3. The molecule has 22 heavy (non-hydrogen) atoms. The van der Waals surface area contributed by atoms with Crippen LogP contribution in [0, 0.1) is 0 Å². The molecule has 1 aromatic carbocycles. The summed E-state index contributed by atoms with van der Waals surface area (Å²) in [5.41, 5.74) is 7.63. The van der Waals surface area contributed by atoms with Crippen LogP contribution in [0.5, 0.6) is 5.75 Å². The van der Waals surface area contributed by atoms with Gasteiger partial charge in [-0.3, -0.25) is 4.79 Å². The number of hydrogen-bond donors (Lipinski definition) is 1. The average Bonchev–Trinajstić information content (AvgIpc) is 2.52. The van der Waals surface area contributed by atoms with Gasteiger partial charge in [-0.2, -0.15) is 0 Å². The first-order valence-corrected chi connectivity index (χ1v) is 8.02. The van der Waals surface area contributed by atoms with E-state index in [2.05, 4.69) is 13.5 Å². The Morgan fingerprint density at radius 1 is 1.41 bits per heavy atom. The van der Waals surface area contributed by atoms with Gasteiger partial charge in [-0.1, -0.05) is 32.1 Å². The molecule has 0 saturated carbocycles. The second-order valence-corrected chi connectivity index (χ2v) is 5.30. The van der Waals surface area contributed by atoms with Gasteiger partial charge in [0.1, 0.15) is 12.4 Å². The highest BCUT2D eigenvalue weighted by Gasteiger charge is 2.11. The fourth-order valence-electron chi connectivity index (χ4n) is 2.25. The predicted octanol–water partition coefficient (Wildman–Crippen LogP) is 3.41. The van der Waals surface area contributed by atoms with Crippen LogP contribution in [0.4, 0.5) is 5.69 Å². The molecule has 0 atom stereocenters. The number of rotatable bonds is 10. The Balaban J connectivity index is 2.54. The van der Waals surface area contributed by atoms with Gasteiger partial charge in [-0.05, 0) is 37.5 Å². The van der Waals surface area contributed by atoms with Crippen LogP contribution < -0.4 is 10.5 Å². The number of anilines is 1. The van der Waals surface area contributed by atoms with E-state index in [1.165, 1.54) is 0 Å². The lowest BCUT2D eigenvalue weighted by molar-refractivity contribution is -0.131. The minimum absolute atomic E-state index is 0.210. The van der Waals surface area contributed by atoms with E-state index in [1.807, 2.05) is 30.0 Å². The van der Waals surface area contributed by atoms with Crippen molar-refractivity contribution in [1.29, 1.82) is 0 Å². The monoisotopic (exact) mass is 304 g/mol. The molecular formula is C18H28N2O2. The summed E-state index contributed by atoms with van der Waals surface area (Å²) in [6.07, 6.45) is 5.06. The maximum absolute atomic E-state index is 12.2. The molecule has 0 radical (unpaired) electrons. The molecule has 1 amide bonds. The summed E-state index contributed by atoms with van der Waals surface area (Å²) in [5.74, 6) is 0.870. The van der Waals surface area contributed by atoms with Gasteiger partial charge >= 0.3 is 0 Å². The summed E-state index contributed by atoms with van der Waals surface area (Å²) in [6, 6.07) is 5.70. The van der Waals surface area contributed by atoms with Crippen LogP contribution >= 0.6 is 0 Å². The molecule has 0 saturated heterocycles. The molecular weight excluding hydrogens is 276 g/mol. The zero-order valence-electron chi connectivity index (χ0n) is 13.8. The Morgan fingerprint density at radius 3 is 2.77 bits per heavy atom. The zero-order valence-corrected chi connectivity index (χ0v) is 13.8. The molecule has 0 unspecified atom stereocenters. The van der Waals surface area contributed by atoms with Gasteiger partial charge in [0, 0.05) is 19.5 Å². The molecule has 0 aliphatic rings. The lowest BCUT2D eigenvalue weighted by atomic mass is 10.1. The Bertz CT molecular complexity index is 486. The fraction of sp³-hybridized carbons (Fsp3) is 0.500. The molecule has 1 aromatic rings. The van der Waals surface area contributed by atoms with Crippen LogP contribution in [0.1, 0.15) is 38.7 Å². The topological polar surface area (TPSA) is 55.6 Å². The van der Waals surface area contributed by atoms with Gasteiger partial charge < -0.3 is 15.4 Å². The third-order valence-corrected chi connectivity index (χ3v) is 3.57. The highest BCUT2D eigenvalue weighted by atomic mass is 16.5. The molecule has 4 nitrogen and oxygen atoms in total. The SMILES string of the molecule is C=CCOc1ccc(CCC(=O)N(CC)CCCC)cc1N. The number of ether oxygens (including phenoxy) is 1. The summed E-state index contributed by atoms with van der Waals surface area (Å²) >= 11 is 0. The van der Waals surface area contributed by atoms with Gasteiger partial charge in [-0.25, -0.2) is 0 Å². The van der Waals surface area contributed by atoms with Crippen molar-refractivity contribution in [1.82, 2.24) is 4.90 Å². The molecule has 0 fully saturated rings. The van der Waals surface area contributed by atoms with Crippen molar-refractivity contribution in [3.63, 3.8) is 0 Å².